The summed E-state index contributed by atoms with van der Waals surface area (Å²) in [6.07, 6.45) is 4.15. The van der Waals surface area contributed by atoms with E-state index in [2.05, 4.69) is 4.98 Å². The van der Waals surface area contributed by atoms with Gasteiger partial charge in [0.05, 0.1) is 16.4 Å². The zero-order valence-electron chi connectivity index (χ0n) is 11.9. The largest absolute Gasteiger partial charge is 0.333 e. The molecule has 110 valence electrons. The van der Waals surface area contributed by atoms with Crippen molar-refractivity contribution in [2.45, 2.75) is 6.42 Å². The Balaban J connectivity index is 2.21. The minimum absolute atomic E-state index is 0.0665. The van der Waals surface area contributed by atoms with Crippen molar-refractivity contribution in [3.63, 3.8) is 0 Å². The number of hydrogen-bond acceptors (Lipinski definition) is 3. The van der Waals surface area contributed by atoms with Crippen LogP contribution in [0, 0.1) is 0 Å². The summed E-state index contributed by atoms with van der Waals surface area (Å²) < 4.78 is 1.52. The first-order valence-electron chi connectivity index (χ1n) is 7.32. The van der Waals surface area contributed by atoms with Crippen LogP contribution in [-0.4, -0.2) is 15.2 Å². The predicted molar refractivity (Wildman–Crippen MR) is 88.5 cm³/mol. The Labute approximate surface area is 128 Å². The van der Waals surface area contributed by atoms with E-state index in [1.165, 1.54) is 4.40 Å². The van der Waals surface area contributed by atoms with Gasteiger partial charge in [0.1, 0.15) is 0 Å². The van der Waals surface area contributed by atoms with Gasteiger partial charge < -0.3 is 0 Å². The molecule has 5 nitrogen and oxygen atoms in total. The molecule has 1 aliphatic carbocycles. The van der Waals surface area contributed by atoms with E-state index in [9.17, 15) is 14.4 Å². The van der Waals surface area contributed by atoms with E-state index in [1.807, 2.05) is 18.2 Å². The van der Waals surface area contributed by atoms with E-state index in [-0.39, 0.29) is 5.78 Å². The third-order valence-corrected chi connectivity index (χ3v) is 4.55. The summed E-state index contributed by atoms with van der Waals surface area (Å²) in [5, 5.41) is 2.13. The van der Waals surface area contributed by atoms with Crippen LogP contribution in [0.4, 0.5) is 0 Å². The van der Waals surface area contributed by atoms with Crippen molar-refractivity contribution in [2.75, 3.05) is 0 Å². The van der Waals surface area contributed by atoms with Gasteiger partial charge >= 0.3 is 5.69 Å². The number of aromatic nitrogens is 2. The highest BCUT2D eigenvalue weighted by Gasteiger charge is 2.21. The third-order valence-electron chi connectivity index (χ3n) is 4.55. The van der Waals surface area contributed by atoms with Crippen molar-refractivity contribution in [1.29, 1.82) is 0 Å². The number of nitrogens with zero attached hydrogens (tertiary/aromatic N) is 1. The average Bonchev–Trinajstić information content (AvgIpc) is 2.89. The number of para-hydroxylation sites is 1. The molecular formula is C18H10N2O3. The van der Waals surface area contributed by atoms with Crippen molar-refractivity contribution in [3.8, 4) is 0 Å². The fourth-order valence-electron chi connectivity index (χ4n) is 3.61. The summed E-state index contributed by atoms with van der Waals surface area (Å²) in [4.78, 5) is 38.9. The molecule has 4 aromatic rings. The molecule has 0 aliphatic heterocycles. The number of benzene rings is 2. The second-order valence-electron chi connectivity index (χ2n) is 5.75. The Morgan fingerprint density at radius 2 is 1.83 bits per heavy atom. The molecule has 0 radical (unpaired) electrons. The first-order chi connectivity index (χ1) is 11.2. The van der Waals surface area contributed by atoms with Crippen molar-refractivity contribution < 1.29 is 4.79 Å². The van der Waals surface area contributed by atoms with Crippen LogP contribution in [0.15, 0.2) is 46.0 Å². The SMILES string of the molecule is O=C1CC=Cc2c1ccc1c2c2cccc3c(=O)[nH]c(=O)n1c32. The Morgan fingerprint density at radius 3 is 2.70 bits per heavy atom. The van der Waals surface area contributed by atoms with Gasteiger partial charge in [-0.05, 0) is 23.8 Å². The van der Waals surface area contributed by atoms with Crippen molar-refractivity contribution >= 4 is 39.1 Å². The van der Waals surface area contributed by atoms with Gasteiger partial charge in [-0.25, -0.2) is 4.79 Å². The fraction of sp³-hybridized carbons (Fsp3) is 0.0556. The predicted octanol–water partition coefficient (Wildman–Crippen LogP) is 2.33. The topological polar surface area (TPSA) is 71.4 Å². The number of allylic oxidation sites excluding steroid dienone is 1. The summed E-state index contributed by atoms with van der Waals surface area (Å²) in [5.74, 6) is 0.0665. The third kappa shape index (κ3) is 1.39. The number of carbonyl (C=O) groups is 1. The molecule has 23 heavy (non-hydrogen) atoms. The van der Waals surface area contributed by atoms with Crippen molar-refractivity contribution in [1.82, 2.24) is 9.38 Å². The Hall–Kier alpha value is -3.21. The van der Waals surface area contributed by atoms with Gasteiger partial charge in [-0.15, -0.1) is 0 Å². The van der Waals surface area contributed by atoms with Crippen molar-refractivity contribution in [2.24, 2.45) is 0 Å². The maximum Gasteiger partial charge on any atom is 0.333 e. The highest BCUT2D eigenvalue weighted by Crippen LogP contribution is 2.35. The number of rotatable bonds is 0. The lowest BCUT2D eigenvalue weighted by Gasteiger charge is -2.10. The Bertz CT molecular complexity index is 1290. The van der Waals surface area contributed by atoms with Gasteiger partial charge in [-0.1, -0.05) is 24.3 Å². The summed E-state index contributed by atoms with van der Waals surface area (Å²) >= 11 is 0. The van der Waals surface area contributed by atoms with Crippen LogP contribution in [0.5, 0.6) is 0 Å². The fourth-order valence-corrected chi connectivity index (χ4v) is 3.61. The Kier molecular flexibility index (Phi) is 2.12. The number of fused-ring (bicyclic) bond motifs is 5. The number of nitrogens with one attached hydrogen (secondary N) is 1. The van der Waals surface area contributed by atoms with Crippen LogP contribution in [0.1, 0.15) is 22.3 Å². The maximum absolute atomic E-state index is 12.3. The smallest absolute Gasteiger partial charge is 0.294 e. The second-order valence-corrected chi connectivity index (χ2v) is 5.75. The lowest BCUT2D eigenvalue weighted by Crippen LogP contribution is -2.25. The number of carbonyl (C=O) groups excluding carboxylic acids is 1. The molecule has 0 saturated heterocycles. The van der Waals surface area contributed by atoms with Gasteiger partial charge in [0.15, 0.2) is 5.78 Å². The standard InChI is InChI=1S/C18H10N2O3/c21-14-6-2-3-10-9(14)7-8-13-15(10)11-4-1-5-12-16(11)20(13)18(23)19-17(12)22/h1-5,7-8H,6H2,(H,19,22,23). The molecule has 2 heterocycles. The molecule has 1 N–H and O–H groups in total. The van der Waals surface area contributed by atoms with E-state index in [0.717, 1.165) is 16.3 Å². The molecule has 0 saturated carbocycles. The molecular weight excluding hydrogens is 292 g/mol. The monoisotopic (exact) mass is 302 g/mol. The number of H-pyrrole nitrogens is 1. The highest BCUT2D eigenvalue weighted by atomic mass is 16.2. The van der Waals surface area contributed by atoms with Crippen LogP contribution in [0.2, 0.25) is 0 Å². The van der Waals surface area contributed by atoms with Gasteiger partial charge in [-0.2, -0.15) is 0 Å². The van der Waals surface area contributed by atoms with Gasteiger partial charge in [0.2, 0.25) is 0 Å². The highest BCUT2D eigenvalue weighted by molar-refractivity contribution is 6.19. The molecule has 5 rings (SSSR count). The lowest BCUT2D eigenvalue weighted by molar-refractivity contribution is 0.0994. The van der Waals surface area contributed by atoms with E-state index in [1.54, 1.807) is 24.3 Å². The van der Waals surface area contributed by atoms with Crippen LogP contribution < -0.4 is 11.2 Å². The number of hydrogen-bond donors (Lipinski definition) is 1. The minimum Gasteiger partial charge on any atom is -0.294 e. The molecule has 0 amide bonds. The molecule has 1 aliphatic rings. The van der Waals surface area contributed by atoms with Gasteiger partial charge in [0, 0.05) is 22.8 Å². The number of Topliss-reactive ketones (excluding diaryl/α,β-unsaturated/α-hetero) is 1. The zero-order valence-corrected chi connectivity index (χ0v) is 11.9. The normalized spacial score (nSPS) is 14.2. The molecule has 0 bridgehead atoms. The first-order valence-corrected chi connectivity index (χ1v) is 7.32. The quantitative estimate of drug-likeness (QED) is 0.542. The van der Waals surface area contributed by atoms with E-state index < -0.39 is 11.2 Å². The molecule has 0 spiro atoms. The van der Waals surface area contributed by atoms with E-state index >= 15 is 0 Å². The summed E-state index contributed by atoms with van der Waals surface area (Å²) in [5.41, 5.74) is 1.94. The van der Waals surface area contributed by atoms with Crippen LogP contribution in [-0.2, 0) is 0 Å². The maximum atomic E-state index is 12.3. The molecule has 0 unspecified atom stereocenters. The van der Waals surface area contributed by atoms with E-state index in [4.69, 9.17) is 0 Å². The zero-order chi connectivity index (χ0) is 15.7. The Morgan fingerprint density at radius 1 is 1.00 bits per heavy atom. The summed E-state index contributed by atoms with van der Waals surface area (Å²) in [6.45, 7) is 0. The molecule has 2 aromatic carbocycles. The van der Waals surface area contributed by atoms with Crippen LogP contribution in [0.3, 0.4) is 0 Å². The van der Waals surface area contributed by atoms with Gasteiger partial charge in [0.25, 0.3) is 5.56 Å². The minimum atomic E-state index is -0.459. The van der Waals surface area contributed by atoms with Crippen LogP contribution in [0.25, 0.3) is 33.3 Å². The first kappa shape index (κ1) is 12.3. The summed E-state index contributed by atoms with van der Waals surface area (Å²) in [6, 6.07) is 8.92. The van der Waals surface area contributed by atoms with Crippen molar-refractivity contribution in [3.05, 3.63) is 68.4 Å². The number of aromatic amines is 1. The van der Waals surface area contributed by atoms with Gasteiger partial charge in [-0.3, -0.25) is 19.0 Å². The molecule has 2 aromatic heterocycles. The van der Waals surface area contributed by atoms with Crippen LogP contribution >= 0.6 is 0 Å². The second kappa shape index (κ2) is 3.95. The molecule has 5 heteroatoms. The number of ketones is 1. The average molecular weight is 302 g/mol. The summed E-state index contributed by atoms with van der Waals surface area (Å²) in [7, 11) is 0. The molecule has 0 atom stereocenters. The molecule has 0 fully saturated rings. The lowest BCUT2D eigenvalue weighted by atomic mass is 9.92. The van der Waals surface area contributed by atoms with E-state index in [0.29, 0.717) is 28.4 Å².